The molecule has 30 heavy (non-hydrogen) atoms. The SMILES string of the molecule is CCCCCCCC[PH](CCCCCCCC)(CCCCCCCC)OC1(C)OO1. The molecule has 0 aliphatic carbocycles. The van der Waals surface area contributed by atoms with E-state index in [0.717, 1.165) is 0 Å². The summed E-state index contributed by atoms with van der Waals surface area (Å²) in [7, 11) is -1.82. The Bertz CT molecular complexity index is 344. The van der Waals surface area contributed by atoms with Crippen molar-refractivity contribution < 1.29 is 14.3 Å². The zero-order valence-corrected chi connectivity index (χ0v) is 22.1. The first-order chi connectivity index (χ1) is 14.6. The second kappa shape index (κ2) is 17.8. The van der Waals surface area contributed by atoms with Gasteiger partial charge in [0.2, 0.25) is 0 Å². The molecule has 0 bridgehead atoms. The van der Waals surface area contributed by atoms with Crippen LogP contribution >= 0.6 is 7.49 Å². The third-order valence-electron chi connectivity index (χ3n) is 6.68. The molecule has 1 rings (SSSR count). The Balaban J connectivity index is 2.54. The number of rotatable bonds is 23. The molecule has 4 heteroatoms. The second-order valence-electron chi connectivity index (χ2n) is 9.87. The average Bonchev–Trinajstić information content (AvgIpc) is 3.46. The van der Waals surface area contributed by atoms with E-state index in [1.807, 2.05) is 6.92 Å². The van der Waals surface area contributed by atoms with Crippen LogP contribution in [-0.4, -0.2) is 24.5 Å². The molecular formula is C26H55O3P. The Labute approximate surface area is 189 Å². The van der Waals surface area contributed by atoms with E-state index in [1.165, 1.54) is 134 Å². The van der Waals surface area contributed by atoms with Crippen molar-refractivity contribution in [1.29, 1.82) is 0 Å². The molecule has 0 aromatic carbocycles. The normalized spacial score (nSPS) is 16.1. The molecule has 0 N–H and O–H groups in total. The van der Waals surface area contributed by atoms with Crippen molar-refractivity contribution in [3.05, 3.63) is 0 Å². The fourth-order valence-electron chi connectivity index (χ4n) is 4.70. The van der Waals surface area contributed by atoms with Gasteiger partial charge in [-0.15, -0.1) is 0 Å². The molecule has 1 fully saturated rings. The molecule has 1 saturated heterocycles. The van der Waals surface area contributed by atoms with Gasteiger partial charge in [-0.2, -0.15) is 0 Å². The predicted molar refractivity (Wildman–Crippen MR) is 135 cm³/mol. The van der Waals surface area contributed by atoms with Gasteiger partial charge in [0.05, 0.1) is 0 Å². The first-order valence-electron chi connectivity index (χ1n) is 13.7. The van der Waals surface area contributed by atoms with Crippen LogP contribution in [0.1, 0.15) is 143 Å². The monoisotopic (exact) mass is 446 g/mol. The molecule has 0 aromatic rings. The van der Waals surface area contributed by atoms with E-state index < -0.39 is 13.5 Å². The van der Waals surface area contributed by atoms with Gasteiger partial charge in [-0.1, -0.05) is 0 Å². The molecule has 3 nitrogen and oxygen atoms in total. The molecule has 0 atom stereocenters. The summed E-state index contributed by atoms with van der Waals surface area (Å²) in [4.78, 5) is 10.5. The average molecular weight is 447 g/mol. The Kier molecular flexibility index (Phi) is 16.8. The molecule has 0 spiro atoms. The van der Waals surface area contributed by atoms with Crippen LogP contribution in [0.4, 0.5) is 0 Å². The Hall–Kier alpha value is 0.310. The third-order valence-corrected chi connectivity index (χ3v) is 11.3. The maximum atomic E-state index is 6.71. The van der Waals surface area contributed by atoms with Crippen LogP contribution in [-0.2, 0) is 14.3 Å². The molecule has 0 aromatic heterocycles. The van der Waals surface area contributed by atoms with Crippen LogP contribution in [0.15, 0.2) is 0 Å². The van der Waals surface area contributed by atoms with Gasteiger partial charge in [0.15, 0.2) is 0 Å². The quantitative estimate of drug-likeness (QED) is 0.0678. The van der Waals surface area contributed by atoms with Crippen molar-refractivity contribution in [3.8, 4) is 0 Å². The Morgan fingerprint density at radius 2 is 0.800 bits per heavy atom. The molecule has 0 amide bonds. The van der Waals surface area contributed by atoms with Crippen LogP contribution in [0, 0.1) is 0 Å². The Morgan fingerprint density at radius 1 is 0.500 bits per heavy atom. The van der Waals surface area contributed by atoms with E-state index in [-0.39, 0.29) is 0 Å². The summed E-state index contributed by atoms with van der Waals surface area (Å²) >= 11 is 0. The summed E-state index contributed by atoms with van der Waals surface area (Å²) in [6.45, 7) is 8.86. The standard InChI is InChI=1S/C26H55O3P/c1-5-8-11-14-17-20-23-30(29-26(4)27-28-26,24-21-18-15-12-9-6-2)25-22-19-16-13-10-7-3/h30H,5-25H2,1-4H3. The van der Waals surface area contributed by atoms with Crippen LogP contribution in [0.2, 0.25) is 0 Å². The van der Waals surface area contributed by atoms with Gasteiger partial charge in [-0.25, -0.2) is 0 Å². The summed E-state index contributed by atoms with van der Waals surface area (Å²) in [5, 5.41) is 0. The fourth-order valence-corrected chi connectivity index (χ4v) is 9.29. The van der Waals surface area contributed by atoms with Gasteiger partial charge in [-0.3, -0.25) is 0 Å². The van der Waals surface area contributed by atoms with Crippen molar-refractivity contribution in [2.45, 2.75) is 149 Å². The van der Waals surface area contributed by atoms with E-state index in [9.17, 15) is 0 Å². The van der Waals surface area contributed by atoms with E-state index >= 15 is 0 Å². The molecule has 1 aliphatic heterocycles. The van der Waals surface area contributed by atoms with Gasteiger partial charge in [0, 0.05) is 0 Å². The first-order valence-corrected chi connectivity index (χ1v) is 16.2. The van der Waals surface area contributed by atoms with Gasteiger partial charge in [-0.05, 0) is 0 Å². The summed E-state index contributed by atoms with van der Waals surface area (Å²) in [5.74, 6) is -0.723. The number of unbranched alkanes of at least 4 members (excludes halogenated alkanes) is 15. The third kappa shape index (κ3) is 14.4. The van der Waals surface area contributed by atoms with E-state index in [0.29, 0.717) is 0 Å². The number of hydrogen-bond acceptors (Lipinski definition) is 3. The van der Waals surface area contributed by atoms with E-state index in [4.69, 9.17) is 14.3 Å². The van der Waals surface area contributed by atoms with Gasteiger partial charge < -0.3 is 0 Å². The van der Waals surface area contributed by atoms with Crippen LogP contribution in [0.5, 0.6) is 0 Å². The molecule has 1 heterocycles. The summed E-state index contributed by atoms with van der Waals surface area (Å²) in [5.41, 5.74) is 0. The van der Waals surface area contributed by atoms with Crippen molar-refractivity contribution >= 4 is 7.49 Å². The fraction of sp³-hybridized carbons (Fsp3) is 1.00. The minimum absolute atomic E-state index is 0.723. The van der Waals surface area contributed by atoms with Gasteiger partial charge in [0.1, 0.15) is 0 Å². The zero-order chi connectivity index (χ0) is 22.0. The summed E-state index contributed by atoms with van der Waals surface area (Å²) in [6, 6.07) is 0. The van der Waals surface area contributed by atoms with Gasteiger partial charge in [0.25, 0.3) is 0 Å². The molecule has 0 radical (unpaired) electrons. The number of hydrogen-bond donors (Lipinski definition) is 0. The molecule has 0 unspecified atom stereocenters. The maximum absolute atomic E-state index is 6.71. The first kappa shape index (κ1) is 28.3. The topological polar surface area (TPSA) is 34.3 Å². The summed E-state index contributed by atoms with van der Waals surface area (Å²) in [6.07, 6.45) is 28.4. The molecular weight excluding hydrogens is 391 g/mol. The van der Waals surface area contributed by atoms with Gasteiger partial charge >= 0.3 is 190 Å². The predicted octanol–water partition coefficient (Wildman–Crippen LogP) is 9.38. The molecule has 182 valence electrons. The molecule has 0 saturated carbocycles. The minimum atomic E-state index is -1.82. The van der Waals surface area contributed by atoms with Crippen molar-refractivity contribution in [2.75, 3.05) is 18.5 Å². The zero-order valence-electron chi connectivity index (χ0n) is 21.1. The van der Waals surface area contributed by atoms with Crippen LogP contribution in [0.25, 0.3) is 0 Å². The second-order valence-corrected chi connectivity index (χ2v) is 13.9. The van der Waals surface area contributed by atoms with E-state index in [2.05, 4.69) is 20.8 Å². The van der Waals surface area contributed by atoms with E-state index in [1.54, 1.807) is 0 Å². The van der Waals surface area contributed by atoms with Crippen molar-refractivity contribution in [3.63, 3.8) is 0 Å². The summed E-state index contributed by atoms with van der Waals surface area (Å²) < 4.78 is 6.71. The Morgan fingerprint density at radius 3 is 1.10 bits per heavy atom. The van der Waals surface area contributed by atoms with Crippen molar-refractivity contribution in [1.82, 2.24) is 0 Å². The van der Waals surface area contributed by atoms with Crippen molar-refractivity contribution in [2.24, 2.45) is 0 Å². The van der Waals surface area contributed by atoms with Crippen LogP contribution < -0.4 is 0 Å². The van der Waals surface area contributed by atoms with Crippen LogP contribution in [0.3, 0.4) is 0 Å². The molecule has 1 aliphatic rings.